The third-order valence-electron chi connectivity index (χ3n) is 1.53. The molecule has 0 amide bonds. The molecule has 0 saturated heterocycles. The first-order valence-electron chi connectivity index (χ1n) is 4.17. The average Bonchev–Trinajstić information content (AvgIpc) is 2.14. The maximum absolute atomic E-state index is 5.45. The Morgan fingerprint density at radius 1 is 1.42 bits per heavy atom. The van der Waals surface area contributed by atoms with E-state index in [0.717, 1.165) is 25.3 Å². The first kappa shape index (κ1) is 9.07. The maximum Gasteiger partial charge on any atom is 0.119 e. The van der Waals surface area contributed by atoms with Crippen molar-refractivity contribution >= 4 is 0 Å². The van der Waals surface area contributed by atoms with E-state index >= 15 is 0 Å². The first-order valence-corrected chi connectivity index (χ1v) is 4.17. The van der Waals surface area contributed by atoms with Gasteiger partial charge in [0, 0.05) is 0 Å². The molecule has 0 aliphatic rings. The lowest BCUT2D eigenvalue weighted by molar-refractivity contribution is 0.310. The standard InChI is InChI=1S/C10H14NO/c1-11-8-5-9-12-10-6-3-2-4-7-10/h3-4,6-7,11H,5,8-9H2,1H3. The van der Waals surface area contributed by atoms with Crippen LogP contribution in [0.4, 0.5) is 0 Å². The summed E-state index contributed by atoms with van der Waals surface area (Å²) in [5.41, 5.74) is 0. The van der Waals surface area contributed by atoms with Gasteiger partial charge in [-0.1, -0.05) is 12.1 Å². The molecule has 0 unspecified atom stereocenters. The number of rotatable bonds is 5. The summed E-state index contributed by atoms with van der Waals surface area (Å²) in [6.45, 7) is 1.77. The Bertz CT molecular complexity index is 198. The highest BCUT2D eigenvalue weighted by Gasteiger charge is 1.89. The summed E-state index contributed by atoms with van der Waals surface area (Å²) >= 11 is 0. The second kappa shape index (κ2) is 5.61. The average molecular weight is 164 g/mol. The van der Waals surface area contributed by atoms with Gasteiger partial charge in [0.1, 0.15) is 5.75 Å². The third-order valence-corrected chi connectivity index (χ3v) is 1.53. The van der Waals surface area contributed by atoms with Gasteiger partial charge in [-0.25, -0.2) is 0 Å². The largest absolute Gasteiger partial charge is 0.494 e. The minimum absolute atomic E-state index is 0.769. The fourth-order valence-corrected chi connectivity index (χ4v) is 0.907. The van der Waals surface area contributed by atoms with Crippen LogP contribution in [-0.4, -0.2) is 20.2 Å². The van der Waals surface area contributed by atoms with Crippen LogP contribution in [0.3, 0.4) is 0 Å². The molecule has 1 aromatic rings. The predicted octanol–water partition coefficient (Wildman–Crippen LogP) is 1.48. The molecule has 0 fully saturated rings. The minimum Gasteiger partial charge on any atom is -0.494 e. The molecule has 12 heavy (non-hydrogen) atoms. The van der Waals surface area contributed by atoms with Crippen LogP contribution in [0.25, 0.3) is 0 Å². The molecule has 1 rings (SSSR count). The molecule has 0 saturated carbocycles. The van der Waals surface area contributed by atoms with Gasteiger partial charge in [0.25, 0.3) is 0 Å². The highest BCUT2D eigenvalue weighted by atomic mass is 16.5. The highest BCUT2D eigenvalue weighted by molar-refractivity contribution is 5.20. The van der Waals surface area contributed by atoms with Crippen LogP contribution in [0.1, 0.15) is 6.42 Å². The smallest absolute Gasteiger partial charge is 0.119 e. The Morgan fingerprint density at radius 2 is 2.17 bits per heavy atom. The molecule has 0 aliphatic heterocycles. The Labute approximate surface area is 73.6 Å². The van der Waals surface area contributed by atoms with E-state index in [1.807, 2.05) is 31.3 Å². The van der Waals surface area contributed by atoms with Crippen molar-refractivity contribution in [1.82, 2.24) is 5.32 Å². The molecule has 0 spiro atoms. The summed E-state index contributed by atoms with van der Waals surface area (Å²) in [5, 5.41) is 3.07. The van der Waals surface area contributed by atoms with E-state index in [-0.39, 0.29) is 0 Å². The zero-order chi connectivity index (χ0) is 8.65. The molecule has 1 aromatic carbocycles. The Kier molecular flexibility index (Phi) is 4.24. The van der Waals surface area contributed by atoms with Gasteiger partial charge in [-0.3, -0.25) is 0 Å². The molecule has 0 aromatic heterocycles. The fraction of sp³-hybridized carbons (Fsp3) is 0.400. The Morgan fingerprint density at radius 3 is 2.83 bits per heavy atom. The summed E-state index contributed by atoms with van der Waals surface area (Å²) < 4.78 is 5.45. The van der Waals surface area contributed by atoms with E-state index in [1.54, 1.807) is 0 Å². The summed E-state index contributed by atoms with van der Waals surface area (Å²) in [6, 6.07) is 10.5. The number of hydrogen-bond acceptors (Lipinski definition) is 2. The topological polar surface area (TPSA) is 21.3 Å². The van der Waals surface area contributed by atoms with Crippen molar-refractivity contribution in [3.8, 4) is 5.75 Å². The third kappa shape index (κ3) is 3.39. The maximum atomic E-state index is 5.45. The van der Waals surface area contributed by atoms with Crippen LogP contribution in [0.15, 0.2) is 24.3 Å². The van der Waals surface area contributed by atoms with E-state index in [9.17, 15) is 0 Å². The van der Waals surface area contributed by atoms with Crippen molar-refractivity contribution in [1.29, 1.82) is 0 Å². The minimum atomic E-state index is 0.769. The van der Waals surface area contributed by atoms with Crippen molar-refractivity contribution in [2.24, 2.45) is 0 Å². The van der Waals surface area contributed by atoms with E-state index in [1.165, 1.54) is 0 Å². The van der Waals surface area contributed by atoms with Crippen molar-refractivity contribution in [3.63, 3.8) is 0 Å². The van der Waals surface area contributed by atoms with E-state index in [4.69, 9.17) is 4.74 Å². The van der Waals surface area contributed by atoms with Gasteiger partial charge in [-0.15, -0.1) is 0 Å². The van der Waals surface area contributed by atoms with Crippen molar-refractivity contribution in [2.75, 3.05) is 20.2 Å². The van der Waals surface area contributed by atoms with Crippen LogP contribution < -0.4 is 10.1 Å². The van der Waals surface area contributed by atoms with Crippen LogP contribution in [0, 0.1) is 6.07 Å². The van der Waals surface area contributed by atoms with Gasteiger partial charge in [-0.2, -0.15) is 0 Å². The zero-order valence-electron chi connectivity index (χ0n) is 7.34. The first-order chi connectivity index (χ1) is 5.93. The number of ether oxygens (including phenoxy) is 1. The van der Waals surface area contributed by atoms with Crippen LogP contribution >= 0.6 is 0 Å². The van der Waals surface area contributed by atoms with Gasteiger partial charge >= 0.3 is 0 Å². The molecule has 0 aliphatic carbocycles. The molecule has 0 atom stereocenters. The lowest BCUT2D eigenvalue weighted by Crippen LogP contribution is -2.11. The molecule has 65 valence electrons. The second-order valence-electron chi connectivity index (χ2n) is 2.54. The van der Waals surface area contributed by atoms with Crippen molar-refractivity contribution < 1.29 is 4.74 Å². The quantitative estimate of drug-likeness (QED) is 0.665. The van der Waals surface area contributed by atoms with Crippen LogP contribution in [-0.2, 0) is 0 Å². The summed E-state index contributed by atoms with van der Waals surface area (Å²) in [5.74, 6) is 0.921. The normalized spacial score (nSPS) is 9.75. The van der Waals surface area contributed by atoms with Gasteiger partial charge in [0.15, 0.2) is 0 Å². The predicted molar refractivity (Wildman–Crippen MR) is 49.3 cm³/mol. The van der Waals surface area contributed by atoms with Crippen molar-refractivity contribution in [2.45, 2.75) is 6.42 Å². The molecular weight excluding hydrogens is 150 g/mol. The lowest BCUT2D eigenvalue weighted by Gasteiger charge is -2.04. The van der Waals surface area contributed by atoms with Gasteiger partial charge in [0.2, 0.25) is 0 Å². The highest BCUT2D eigenvalue weighted by Crippen LogP contribution is 2.07. The Balaban J connectivity index is 2.16. The molecule has 1 N–H and O–H groups in total. The molecule has 0 heterocycles. The molecule has 2 nitrogen and oxygen atoms in total. The summed E-state index contributed by atoms with van der Waals surface area (Å²) in [7, 11) is 1.94. The van der Waals surface area contributed by atoms with E-state index < -0.39 is 0 Å². The van der Waals surface area contributed by atoms with E-state index in [0.29, 0.717) is 0 Å². The Hall–Kier alpha value is -1.02. The fourth-order valence-electron chi connectivity index (χ4n) is 0.907. The summed E-state index contributed by atoms with van der Waals surface area (Å²) in [4.78, 5) is 0. The van der Waals surface area contributed by atoms with E-state index in [2.05, 4.69) is 11.4 Å². The number of hydrogen-bond donors (Lipinski definition) is 1. The second-order valence-corrected chi connectivity index (χ2v) is 2.54. The molecule has 0 bridgehead atoms. The van der Waals surface area contributed by atoms with Crippen LogP contribution in [0.2, 0.25) is 0 Å². The zero-order valence-corrected chi connectivity index (χ0v) is 7.34. The molecular formula is C10H14NO. The van der Waals surface area contributed by atoms with Gasteiger partial charge < -0.3 is 10.1 Å². The van der Waals surface area contributed by atoms with Crippen molar-refractivity contribution in [3.05, 3.63) is 30.3 Å². The van der Waals surface area contributed by atoms with Gasteiger partial charge in [-0.05, 0) is 38.2 Å². The van der Waals surface area contributed by atoms with Crippen LogP contribution in [0.5, 0.6) is 5.75 Å². The lowest BCUT2D eigenvalue weighted by atomic mass is 10.3. The number of benzene rings is 1. The molecule has 1 radical (unpaired) electrons. The molecule has 2 heteroatoms. The monoisotopic (exact) mass is 164 g/mol. The number of nitrogens with one attached hydrogen (secondary N) is 1. The SMILES string of the molecule is CNCCCOc1cc[c]cc1. The van der Waals surface area contributed by atoms with Gasteiger partial charge in [0.05, 0.1) is 6.61 Å². The summed E-state index contributed by atoms with van der Waals surface area (Å²) in [6.07, 6.45) is 1.04.